The number of carboxylic acids is 1. The number of halogens is 5. The predicted octanol–water partition coefficient (Wildman–Crippen LogP) is 5.28. The maximum absolute atomic E-state index is 14.9. The van der Waals surface area contributed by atoms with Gasteiger partial charge in [-0.1, -0.05) is 18.2 Å². The summed E-state index contributed by atoms with van der Waals surface area (Å²) in [6.07, 6.45) is -4.75. The van der Waals surface area contributed by atoms with Crippen LogP contribution in [0, 0.1) is 11.6 Å². The molecule has 0 bridgehead atoms. The molecule has 1 N–H and O–H groups in total. The third-order valence-electron chi connectivity index (χ3n) is 5.96. The zero-order chi connectivity index (χ0) is 25.5. The van der Waals surface area contributed by atoms with Gasteiger partial charge in [0.1, 0.15) is 17.7 Å². The monoisotopic (exact) mass is 490 g/mol. The molecule has 0 aromatic heterocycles. The molecule has 5 nitrogen and oxygen atoms in total. The molecule has 1 amide bonds. The minimum atomic E-state index is -4.78. The van der Waals surface area contributed by atoms with Crippen LogP contribution in [0.15, 0.2) is 60.7 Å². The zero-order valence-corrected chi connectivity index (χ0v) is 18.3. The number of alkyl halides is 3. The summed E-state index contributed by atoms with van der Waals surface area (Å²) in [6, 6.07) is 10.7. The normalized spacial score (nSPS) is 15.8. The van der Waals surface area contributed by atoms with Crippen molar-refractivity contribution in [2.75, 3.05) is 16.8 Å². The van der Waals surface area contributed by atoms with Crippen molar-refractivity contribution < 1.29 is 36.6 Å². The van der Waals surface area contributed by atoms with Crippen molar-refractivity contribution in [3.8, 4) is 0 Å². The lowest BCUT2D eigenvalue weighted by Crippen LogP contribution is -2.53. The van der Waals surface area contributed by atoms with Crippen LogP contribution in [-0.4, -0.2) is 30.1 Å². The molecule has 182 valence electrons. The van der Waals surface area contributed by atoms with Crippen LogP contribution in [0.1, 0.15) is 27.0 Å². The average Bonchev–Trinajstić information content (AvgIpc) is 2.79. The third kappa shape index (κ3) is 4.68. The number of carboxylic acid groups (broad SMARTS) is 1. The summed E-state index contributed by atoms with van der Waals surface area (Å²) < 4.78 is 69.5. The Hall–Kier alpha value is -3.95. The standard InChI is InChI=1S/C25H19F5N2O3/c1-31-21(11-14-5-7-15(8-6-14)24(34)35)23(33)32(20-4-2-3-19(27)22(20)31)13-16-12-17(26)9-10-18(16)25(28,29)30/h2-10,12,21H,11,13H2,1H3,(H,34,35). The lowest BCUT2D eigenvalue weighted by molar-refractivity contribution is -0.138. The number of likely N-dealkylation sites (N-methyl/N-ethyl adjacent to an activating group) is 1. The number of rotatable bonds is 5. The second kappa shape index (κ2) is 9.01. The third-order valence-corrected chi connectivity index (χ3v) is 5.96. The van der Waals surface area contributed by atoms with E-state index < -0.39 is 53.4 Å². The van der Waals surface area contributed by atoms with E-state index in [1.807, 2.05) is 0 Å². The number of amides is 1. The summed E-state index contributed by atoms with van der Waals surface area (Å²) in [7, 11) is 1.50. The van der Waals surface area contributed by atoms with Gasteiger partial charge in [0.2, 0.25) is 5.91 Å². The maximum atomic E-state index is 14.9. The number of hydrogen-bond donors (Lipinski definition) is 1. The Balaban J connectivity index is 1.76. The van der Waals surface area contributed by atoms with Crippen LogP contribution in [0.2, 0.25) is 0 Å². The Bertz CT molecular complexity index is 1290. The molecule has 1 aliphatic rings. The largest absolute Gasteiger partial charge is 0.478 e. The summed E-state index contributed by atoms with van der Waals surface area (Å²) in [6.45, 7) is -0.621. The Labute approximate surface area is 197 Å². The van der Waals surface area contributed by atoms with Crippen LogP contribution < -0.4 is 9.80 Å². The number of nitrogens with zero attached hydrogens (tertiary/aromatic N) is 2. The number of hydrogen-bond acceptors (Lipinski definition) is 3. The van der Waals surface area contributed by atoms with Crippen molar-refractivity contribution in [2.24, 2.45) is 0 Å². The van der Waals surface area contributed by atoms with E-state index in [-0.39, 0.29) is 23.4 Å². The summed E-state index contributed by atoms with van der Waals surface area (Å²) in [5, 5.41) is 9.08. The molecule has 0 saturated heterocycles. The lowest BCUT2D eigenvalue weighted by Gasteiger charge is -2.41. The van der Waals surface area contributed by atoms with Crippen LogP contribution >= 0.6 is 0 Å². The minimum Gasteiger partial charge on any atom is -0.478 e. The Morgan fingerprint density at radius 2 is 1.71 bits per heavy atom. The number of anilines is 2. The van der Waals surface area contributed by atoms with Crippen LogP contribution in [0.4, 0.5) is 33.3 Å². The van der Waals surface area contributed by atoms with E-state index in [0.717, 1.165) is 4.90 Å². The number of carbonyl (C=O) groups excluding carboxylic acids is 1. The van der Waals surface area contributed by atoms with Gasteiger partial charge in [0.15, 0.2) is 0 Å². The fraction of sp³-hybridized carbons (Fsp3) is 0.200. The molecular weight excluding hydrogens is 471 g/mol. The van der Waals surface area contributed by atoms with E-state index in [0.29, 0.717) is 23.8 Å². The molecule has 35 heavy (non-hydrogen) atoms. The number of carbonyl (C=O) groups is 2. The smallest absolute Gasteiger partial charge is 0.416 e. The van der Waals surface area contributed by atoms with Crippen molar-refractivity contribution in [3.63, 3.8) is 0 Å². The Morgan fingerprint density at radius 3 is 2.34 bits per heavy atom. The summed E-state index contributed by atoms with van der Waals surface area (Å²) >= 11 is 0. The topological polar surface area (TPSA) is 60.9 Å². The SMILES string of the molecule is CN1c2c(F)cccc2N(Cc2cc(F)ccc2C(F)(F)F)C(=O)C1Cc1ccc(C(=O)O)cc1. The fourth-order valence-electron chi connectivity index (χ4n) is 4.23. The molecule has 4 rings (SSSR count). The average molecular weight is 490 g/mol. The first-order valence-electron chi connectivity index (χ1n) is 10.5. The van der Waals surface area contributed by atoms with Crippen LogP contribution in [0.25, 0.3) is 0 Å². The highest BCUT2D eigenvalue weighted by atomic mass is 19.4. The van der Waals surface area contributed by atoms with Crippen LogP contribution in [0.5, 0.6) is 0 Å². The van der Waals surface area contributed by atoms with Crippen LogP contribution in [0.3, 0.4) is 0 Å². The Kier molecular flexibility index (Phi) is 6.23. The van der Waals surface area contributed by atoms with Crippen molar-refractivity contribution in [1.82, 2.24) is 0 Å². The van der Waals surface area contributed by atoms with E-state index in [2.05, 4.69) is 0 Å². The van der Waals surface area contributed by atoms with Gasteiger partial charge in [-0.25, -0.2) is 13.6 Å². The molecule has 1 unspecified atom stereocenters. The second-order valence-electron chi connectivity index (χ2n) is 8.16. The van der Waals surface area contributed by atoms with Gasteiger partial charge in [0.25, 0.3) is 0 Å². The maximum Gasteiger partial charge on any atom is 0.416 e. The van der Waals surface area contributed by atoms with E-state index in [9.17, 15) is 31.5 Å². The van der Waals surface area contributed by atoms with Gasteiger partial charge in [-0.2, -0.15) is 13.2 Å². The van der Waals surface area contributed by atoms with Crippen molar-refractivity contribution in [1.29, 1.82) is 0 Å². The highest BCUT2D eigenvalue weighted by Gasteiger charge is 2.40. The lowest BCUT2D eigenvalue weighted by atomic mass is 9.97. The number of benzene rings is 3. The summed E-state index contributed by atoms with van der Waals surface area (Å²) in [4.78, 5) is 27.1. The molecule has 3 aromatic carbocycles. The molecule has 0 fully saturated rings. The fourth-order valence-corrected chi connectivity index (χ4v) is 4.23. The van der Waals surface area contributed by atoms with Gasteiger partial charge in [0.05, 0.1) is 29.0 Å². The highest BCUT2D eigenvalue weighted by molar-refractivity contribution is 6.05. The van der Waals surface area contributed by atoms with Gasteiger partial charge < -0.3 is 14.9 Å². The molecule has 0 spiro atoms. The summed E-state index contributed by atoms with van der Waals surface area (Å²) in [5.41, 5.74) is -0.862. The van der Waals surface area contributed by atoms with Gasteiger partial charge in [-0.05, 0) is 53.6 Å². The summed E-state index contributed by atoms with van der Waals surface area (Å²) in [5.74, 6) is -3.31. The first kappa shape index (κ1) is 24.2. The molecule has 1 heterocycles. The van der Waals surface area contributed by atoms with Gasteiger partial charge in [-0.3, -0.25) is 4.79 Å². The van der Waals surface area contributed by atoms with Gasteiger partial charge >= 0.3 is 12.1 Å². The first-order valence-corrected chi connectivity index (χ1v) is 10.5. The molecule has 0 radical (unpaired) electrons. The molecule has 10 heteroatoms. The molecular formula is C25H19F5N2O3. The first-order chi connectivity index (χ1) is 16.5. The Morgan fingerprint density at radius 1 is 1.03 bits per heavy atom. The second-order valence-corrected chi connectivity index (χ2v) is 8.16. The van der Waals surface area contributed by atoms with E-state index in [1.165, 1.54) is 54.4 Å². The van der Waals surface area contributed by atoms with Gasteiger partial charge in [0, 0.05) is 13.5 Å². The van der Waals surface area contributed by atoms with Gasteiger partial charge in [-0.15, -0.1) is 0 Å². The number of fused-ring (bicyclic) bond motifs is 1. The molecule has 3 aromatic rings. The minimum absolute atomic E-state index is 0.0178. The molecule has 1 atom stereocenters. The van der Waals surface area contributed by atoms with E-state index in [1.54, 1.807) is 0 Å². The number of aromatic carboxylic acids is 1. The highest BCUT2D eigenvalue weighted by Crippen LogP contribution is 2.40. The predicted molar refractivity (Wildman–Crippen MR) is 118 cm³/mol. The van der Waals surface area contributed by atoms with Crippen molar-refractivity contribution in [3.05, 3.63) is 94.6 Å². The molecule has 0 saturated carbocycles. The van der Waals surface area contributed by atoms with E-state index >= 15 is 0 Å². The zero-order valence-electron chi connectivity index (χ0n) is 18.3. The van der Waals surface area contributed by atoms with Crippen molar-refractivity contribution >= 4 is 23.3 Å². The van der Waals surface area contributed by atoms with E-state index in [4.69, 9.17) is 5.11 Å². The molecule has 1 aliphatic heterocycles. The van der Waals surface area contributed by atoms with Crippen LogP contribution in [-0.2, 0) is 23.9 Å². The quantitative estimate of drug-likeness (QED) is 0.495. The van der Waals surface area contributed by atoms with Crippen molar-refractivity contribution in [2.45, 2.75) is 25.2 Å². The molecule has 0 aliphatic carbocycles. The number of para-hydroxylation sites is 1.